The molecule has 0 spiro atoms. The molecule has 1 unspecified atom stereocenters. The van der Waals surface area contributed by atoms with Crippen LogP contribution < -0.4 is 5.73 Å². The number of nitrogens with two attached hydrogens (primary N) is 1. The maximum absolute atomic E-state index is 5.79. The van der Waals surface area contributed by atoms with Gasteiger partial charge in [-0.15, -0.1) is 0 Å². The van der Waals surface area contributed by atoms with E-state index in [4.69, 9.17) is 10.2 Å². The van der Waals surface area contributed by atoms with Crippen LogP contribution in [-0.4, -0.2) is 6.54 Å². The van der Waals surface area contributed by atoms with Gasteiger partial charge in [-0.05, 0) is 25.0 Å². The molecule has 13 heavy (non-hydrogen) atoms. The maximum atomic E-state index is 5.79. The summed E-state index contributed by atoms with van der Waals surface area (Å²) in [6, 6.07) is 4.02. The van der Waals surface area contributed by atoms with E-state index in [1.54, 1.807) is 0 Å². The van der Waals surface area contributed by atoms with Crippen LogP contribution >= 0.6 is 0 Å². The first-order valence-electron chi connectivity index (χ1n) is 4.77. The first kappa shape index (κ1) is 10.3. The van der Waals surface area contributed by atoms with Crippen LogP contribution in [0.5, 0.6) is 0 Å². The molecule has 74 valence electrons. The molecular weight excluding hydrogens is 162 g/mol. The highest BCUT2D eigenvalue weighted by molar-refractivity contribution is 5.17. The van der Waals surface area contributed by atoms with E-state index in [1.807, 2.05) is 19.1 Å². The molecule has 1 rings (SSSR count). The molecule has 0 bridgehead atoms. The molecular formula is C11H19NO. The zero-order valence-electron chi connectivity index (χ0n) is 8.92. The predicted molar refractivity (Wildman–Crippen MR) is 54.7 cm³/mol. The molecule has 2 nitrogen and oxygen atoms in total. The number of hydrogen-bond acceptors (Lipinski definition) is 2. The van der Waals surface area contributed by atoms with E-state index in [1.165, 1.54) is 0 Å². The molecule has 0 aromatic carbocycles. The van der Waals surface area contributed by atoms with Crippen molar-refractivity contribution in [1.82, 2.24) is 0 Å². The van der Waals surface area contributed by atoms with E-state index in [-0.39, 0.29) is 5.41 Å². The monoisotopic (exact) mass is 181 g/mol. The molecule has 0 saturated carbocycles. The molecule has 0 fully saturated rings. The van der Waals surface area contributed by atoms with Gasteiger partial charge in [-0.2, -0.15) is 0 Å². The van der Waals surface area contributed by atoms with Crippen molar-refractivity contribution in [3.8, 4) is 0 Å². The highest BCUT2D eigenvalue weighted by Crippen LogP contribution is 2.31. The summed E-state index contributed by atoms with van der Waals surface area (Å²) < 4.78 is 5.62. The fourth-order valence-corrected chi connectivity index (χ4v) is 1.36. The summed E-state index contributed by atoms with van der Waals surface area (Å²) in [4.78, 5) is 0. The predicted octanol–water partition coefficient (Wildman–Crippen LogP) is 2.46. The van der Waals surface area contributed by atoms with Crippen LogP contribution in [0, 0.1) is 12.8 Å². The first-order valence-corrected chi connectivity index (χ1v) is 4.77. The second-order valence-electron chi connectivity index (χ2n) is 4.19. The Morgan fingerprint density at radius 1 is 1.46 bits per heavy atom. The molecule has 1 aromatic heterocycles. The van der Waals surface area contributed by atoms with E-state index in [0.29, 0.717) is 12.5 Å². The molecule has 0 aliphatic heterocycles. The molecule has 0 radical (unpaired) electrons. The van der Waals surface area contributed by atoms with Gasteiger partial charge >= 0.3 is 0 Å². The summed E-state index contributed by atoms with van der Waals surface area (Å²) in [7, 11) is 0. The topological polar surface area (TPSA) is 39.2 Å². The fraction of sp³-hybridized carbons (Fsp3) is 0.636. The zero-order chi connectivity index (χ0) is 10.1. The fourth-order valence-electron chi connectivity index (χ4n) is 1.36. The number of aryl methyl sites for hydroxylation is 1. The molecule has 0 saturated heterocycles. The number of furan rings is 1. The number of hydrogen-bond donors (Lipinski definition) is 1. The van der Waals surface area contributed by atoms with Gasteiger partial charge in [-0.25, -0.2) is 0 Å². The van der Waals surface area contributed by atoms with Gasteiger partial charge in [0.2, 0.25) is 0 Å². The van der Waals surface area contributed by atoms with Crippen molar-refractivity contribution >= 4 is 0 Å². The zero-order valence-corrected chi connectivity index (χ0v) is 8.92. The second kappa shape index (κ2) is 3.54. The van der Waals surface area contributed by atoms with Gasteiger partial charge in [0.1, 0.15) is 11.5 Å². The van der Waals surface area contributed by atoms with Gasteiger partial charge in [-0.1, -0.05) is 20.8 Å². The van der Waals surface area contributed by atoms with Gasteiger partial charge in [0.25, 0.3) is 0 Å². The maximum Gasteiger partial charge on any atom is 0.111 e. The smallest absolute Gasteiger partial charge is 0.111 e. The molecule has 0 amide bonds. The summed E-state index contributed by atoms with van der Waals surface area (Å²) >= 11 is 0. The Bertz CT molecular complexity index is 277. The largest absolute Gasteiger partial charge is 0.466 e. The lowest BCUT2D eigenvalue weighted by atomic mass is 9.77. The Morgan fingerprint density at radius 2 is 2.08 bits per heavy atom. The normalized spacial score (nSPS) is 16.2. The molecule has 2 heteroatoms. The van der Waals surface area contributed by atoms with Crippen molar-refractivity contribution in [2.24, 2.45) is 11.7 Å². The molecule has 1 aromatic rings. The average Bonchev–Trinajstić information content (AvgIpc) is 2.50. The van der Waals surface area contributed by atoms with E-state index < -0.39 is 0 Å². The highest BCUT2D eigenvalue weighted by Gasteiger charge is 2.31. The molecule has 0 aliphatic carbocycles. The summed E-state index contributed by atoms with van der Waals surface area (Å²) in [5.41, 5.74) is 5.76. The minimum Gasteiger partial charge on any atom is -0.466 e. The van der Waals surface area contributed by atoms with Crippen molar-refractivity contribution in [3.63, 3.8) is 0 Å². The second-order valence-corrected chi connectivity index (χ2v) is 4.19. The summed E-state index contributed by atoms with van der Waals surface area (Å²) in [6.07, 6.45) is 0. The Kier molecular flexibility index (Phi) is 2.81. The lowest BCUT2D eigenvalue weighted by Crippen LogP contribution is -2.36. The molecule has 0 aliphatic rings. The Balaban J connectivity index is 3.02. The van der Waals surface area contributed by atoms with E-state index in [2.05, 4.69) is 20.8 Å². The van der Waals surface area contributed by atoms with Crippen molar-refractivity contribution in [1.29, 1.82) is 0 Å². The summed E-state index contributed by atoms with van der Waals surface area (Å²) in [5.74, 6) is 2.45. The van der Waals surface area contributed by atoms with Crippen LogP contribution in [-0.2, 0) is 5.41 Å². The number of rotatable bonds is 3. The van der Waals surface area contributed by atoms with Crippen LogP contribution in [0.4, 0.5) is 0 Å². The van der Waals surface area contributed by atoms with Crippen LogP contribution in [0.25, 0.3) is 0 Å². The summed E-state index contributed by atoms with van der Waals surface area (Å²) in [6.45, 7) is 9.07. The van der Waals surface area contributed by atoms with Crippen molar-refractivity contribution in [3.05, 3.63) is 23.7 Å². The Labute approximate surface area is 80.1 Å². The first-order chi connectivity index (χ1) is 6.00. The van der Waals surface area contributed by atoms with Gasteiger partial charge in [0, 0.05) is 12.0 Å². The van der Waals surface area contributed by atoms with Gasteiger partial charge < -0.3 is 10.2 Å². The minimum atomic E-state index is -0.0335. The van der Waals surface area contributed by atoms with E-state index in [9.17, 15) is 0 Å². The van der Waals surface area contributed by atoms with Gasteiger partial charge in [-0.3, -0.25) is 0 Å². The van der Waals surface area contributed by atoms with E-state index >= 15 is 0 Å². The van der Waals surface area contributed by atoms with E-state index in [0.717, 1.165) is 11.5 Å². The summed E-state index contributed by atoms with van der Waals surface area (Å²) in [5, 5.41) is 0. The third kappa shape index (κ3) is 1.78. The SMILES string of the molecule is Cc1ccc(C(C)(CN)C(C)C)o1. The molecule has 2 N–H and O–H groups in total. The van der Waals surface area contributed by atoms with Crippen LogP contribution in [0.3, 0.4) is 0 Å². The van der Waals surface area contributed by atoms with Crippen LogP contribution in [0.1, 0.15) is 32.3 Å². The highest BCUT2D eigenvalue weighted by atomic mass is 16.3. The Hall–Kier alpha value is -0.760. The van der Waals surface area contributed by atoms with Crippen molar-refractivity contribution in [2.45, 2.75) is 33.1 Å². The third-order valence-corrected chi connectivity index (χ3v) is 3.00. The Morgan fingerprint density at radius 3 is 2.38 bits per heavy atom. The molecule has 1 heterocycles. The van der Waals surface area contributed by atoms with Gasteiger partial charge in [0.05, 0.1) is 0 Å². The van der Waals surface area contributed by atoms with Crippen molar-refractivity contribution in [2.75, 3.05) is 6.54 Å². The lowest BCUT2D eigenvalue weighted by Gasteiger charge is -2.30. The molecule has 1 atom stereocenters. The minimum absolute atomic E-state index is 0.0335. The quantitative estimate of drug-likeness (QED) is 0.778. The van der Waals surface area contributed by atoms with Gasteiger partial charge in [0.15, 0.2) is 0 Å². The average molecular weight is 181 g/mol. The van der Waals surface area contributed by atoms with Crippen LogP contribution in [0.2, 0.25) is 0 Å². The lowest BCUT2D eigenvalue weighted by molar-refractivity contribution is 0.278. The van der Waals surface area contributed by atoms with Crippen molar-refractivity contribution < 1.29 is 4.42 Å². The standard InChI is InChI=1S/C11H19NO/c1-8(2)11(4,7-12)10-6-5-9(3)13-10/h5-6,8H,7,12H2,1-4H3. The van der Waals surface area contributed by atoms with Crippen LogP contribution in [0.15, 0.2) is 16.5 Å². The third-order valence-electron chi connectivity index (χ3n) is 3.00.